The Morgan fingerprint density at radius 3 is 2.64 bits per heavy atom. The van der Waals surface area contributed by atoms with Gasteiger partial charge in [-0.2, -0.15) is 14.6 Å². The van der Waals surface area contributed by atoms with Crippen molar-refractivity contribution in [2.24, 2.45) is 0 Å². The zero-order chi connectivity index (χ0) is 17.8. The molecule has 0 saturated heterocycles. The summed E-state index contributed by atoms with van der Waals surface area (Å²) in [7, 11) is 2.85. The molecule has 0 atom stereocenters. The molecule has 0 unspecified atom stereocenters. The van der Waals surface area contributed by atoms with Gasteiger partial charge in [0.05, 0.1) is 25.2 Å². The largest absolute Gasteiger partial charge is 0.481 e. The summed E-state index contributed by atoms with van der Waals surface area (Å²) < 4.78 is 16.0. The molecule has 0 aromatic carbocycles. The fourth-order valence-corrected chi connectivity index (χ4v) is 2.52. The highest BCUT2D eigenvalue weighted by Gasteiger charge is 2.15. The number of methoxy groups -OCH3 is 2. The van der Waals surface area contributed by atoms with Crippen LogP contribution in [0.2, 0.25) is 0 Å². The van der Waals surface area contributed by atoms with Gasteiger partial charge in [-0.1, -0.05) is 6.07 Å². The Labute approximate surface area is 145 Å². The van der Waals surface area contributed by atoms with Gasteiger partial charge in [-0.3, -0.25) is 10.1 Å². The van der Waals surface area contributed by atoms with Gasteiger partial charge in [0.1, 0.15) is 6.54 Å². The van der Waals surface area contributed by atoms with Gasteiger partial charge in [0.2, 0.25) is 23.6 Å². The summed E-state index contributed by atoms with van der Waals surface area (Å²) in [6.07, 6.45) is 0. The molecule has 1 N–H and O–H groups in total. The van der Waals surface area contributed by atoms with Crippen molar-refractivity contribution >= 4 is 23.2 Å². The zero-order valence-electron chi connectivity index (χ0n) is 13.3. The van der Waals surface area contributed by atoms with Crippen molar-refractivity contribution in [3.8, 4) is 22.5 Å². The minimum Gasteiger partial charge on any atom is -0.481 e. The summed E-state index contributed by atoms with van der Waals surface area (Å²) in [5, 5.41) is 8.28. The van der Waals surface area contributed by atoms with Crippen LogP contribution in [0.4, 0.5) is 5.95 Å². The van der Waals surface area contributed by atoms with Crippen LogP contribution in [0.3, 0.4) is 0 Å². The van der Waals surface area contributed by atoms with Gasteiger partial charge in [-0.25, -0.2) is 4.79 Å². The van der Waals surface area contributed by atoms with E-state index in [2.05, 4.69) is 20.4 Å². The number of carbonyl (C=O) groups excluding carboxylic acids is 1. The van der Waals surface area contributed by atoms with E-state index in [1.807, 2.05) is 5.38 Å². The van der Waals surface area contributed by atoms with E-state index < -0.39 is 11.7 Å². The lowest BCUT2D eigenvalue weighted by Crippen LogP contribution is -2.26. The summed E-state index contributed by atoms with van der Waals surface area (Å²) in [5.74, 6) is -0.698. The fraction of sp³-hybridized carbons (Fsp3) is 0.214. The first-order valence-corrected chi connectivity index (χ1v) is 7.85. The zero-order valence-corrected chi connectivity index (χ0v) is 14.1. The van der Waals surface area contributed by atoms with Crippen LogP contribution >= 0.6 is 11.3 Å². The Kier molecular flexibility index (Phi) is 4.75. The van der Waals surface area contributed by atoms with Crippen molar-refractivity contribution in [2.75, 3.05) is 19.5 Å². The van der Waals surface area contributed by atoms with E-state index >= 15 is 0 Å². The molecule has 3 aromatic rings. The number of aromatic nitrogens is 4. The van der Waals surface area contributed by atoms with E-state index in [0.717, 1.165) is 4.68 Å². The Balaban J connectivity index is 1.74. The molecule has 0 bridgehead atoms. The molecule has 3 heterocycles. The van der Waals surface area contributed by atoms with Crippen molar-refractivity contribution in [3.05, 3.63) is 34.1 Å². The lowest BCUT2D eigenvalue weighted by atomic mass is 10.5. The number of nitrogens with zero attached hydrogens (tertiary/aromatic N) is 4. The molecule has 11 heteroatoms. The minimum absolute atomic E-state index is 0.0174. The van der Waals surface area contributed by atoms with E-state index in [-0.39, 0.29) is 30.1 Å². The molecule has 0 saturated carbocycles. The lowest BCUT2D eigenvalue weighted by Gasteiger charge is -2.07. The average molecular weight is 363 g/mol. The normalized spacial score (nSPS) is 10.5. The Morgan fingerprint density at radius 1 is 1.32 bits per heavy atom. The summed E-state index contributed by atoms with van der Waals surface area (Å²) >= 11 is 1.37. The number of ether oxygens (including phenoxy) is 2. The second-order valence-electron chi connectivity index (χ2n) is 4.63. The topological polar surface area (TPSA) is 121 Å². The number of thiophene rings is 1. The van der Waals surface area contributed by atoms with Crippen LogP contribution in [-0.4, -0.2) is 39.9 Å². The molecular weight excluding hydrogens is 350 g/mol. The number of nitrogens with one attached hydrogen (secondary N) is 1. The van der Waals surface area contributed by atoms with Gasteiger partial charge in [0.15, 0.2) is 0 Å². The average Bonchev–Trinajstić information content (AvgIpc) is 3.24. The van der Waals surface area contributed by atoms with Crippen LogP contribution in [0.25, 0.3) is 10.8 Å². The Morgan fingerprint density at radius 2 is 2.04 bits per heavy atom. The van der Waals surface area contributed by atoms with Crippen LogP contribution in [0.5, 0.6) is 11.8 Å². The third-order valence-electron chi connectivity index (χ3n) is 2.98. The molecule has 0 aliphatic rings. The minimum atomic E-state index is -0.734. The summed E-state index contributed by atoms with van der Waals surface area (Å²) in [6, 6.07) is 5.03. The molecule has 0 fully saturated rings. The van der Waals surface area contributed by atoms with Crippen molar-refractivity contribution in [1.82, 2.24) is 19.7 Å². The highest BCUT2D eigenvalue weighted by Crippen LogP contribution is 2.21. The van der Waals surface area contributed by atoms with E-state index in [0.29, 0.717) is 4.88 Å². The highest BCUT2D eigenvalue weighted by atomic mass is 32.1. The third kappa shape index (κ3) is 3.83. The Bertz CT molecular complexity index is 911. The predicted molar refractivity (Wildman–Crippen MR) is 87.8 cm³/mol. The van der Waals surface area contributed by atoms with Crippen LogP contribution in [0.1, 0.15) is 0 Å². The van der Waals surface area contributed by atoms with Crippen LogP contribution in [0, 0.1) is 0 Å². The predicted octanol–water partition coefficient (Wildman–Crippen LogP) is 1.01. The Hall–Kier alpha value is -3.21. The number of rotatable bonds is 6. The first-order valence-electron chi connectivity index (χ1n) is 6.98. The van der Waals surface area contributed by atoms with E-state index in [1.54, 1.807) is 12.1 Å². The molecule has 25 heavy (non-hydrogen) atoms. The SMILES string of the molecule is COc1cc(OC)nc(NC(=O)Cn2nc(-c3cccs3)oc2=O)n1. The monoisotopic (exact) mass is 363 g/mol. The molecule has 10 nitrogen and oxygen atoms in total. The van der Waals surface area contributed by atoms with Crippen LogP contribution < -0.4 is 20.5 Å². The van der Waals surface area contributed by atoms with Gasteiger partial charge in [-0.05, 0) is 11.4 Å². The van der Waals surface area contributed by atoms with Gasteiger partial charge in [-0.15, -0.1) is 16.4 Å². The number of anilines is 1. The third-order valence-corrected chi connectivity index (χ3v) is 3.84. The van der Waals surface area contributed by atoms with Crippen molar-refractivity contribution in [3.63, 3.8) is 0 Å². The van der Waals surface area contributed by atoms with Crippen LogP contribution in [0.15, 0.2) is 32.8 Å². The fourth-order valence-electron chi connectivity index (χ4n) is 1.88. The molecule has 0 aliphatic heterocycles. The summed E-state index contributed by atoms with van der Waals surface area (Å²) in [6.45, 7) is -0.351. The van der Waals surface area contributed by atoms with Gasteiger partial charge in [0.25, 0.3) is 5.89 Å². The first-order chi connectivity index (χ1) is 12.1. The lowest BCUT2D eigenvalue weighted by molar-refractivity contribution is -0.117. The smallest absolute Gasteiger partial charge is 0.437 e. The molecule has 3 aromatic heterocycles. The van der Waals surface area contributed by atoms with E-state index in [1.165, 1.54) is 31.6 Å². The maximum Gasteiger partial charge on any atom is 0.437 e. The second-order valence-corrected chi connectivity index (χ2v) is 5.58. The number of carbonyl (C=O) groups is 1. The first kappa shape index (κ1) is 16.6. The number of amides is 1. The van der Waals surface area contributed by atoms with Crippen molar-refractivity contribution in [2.45, 2.75) is 6.54 Å². The highest BCUT2D eigenvalue weighted by molar-refractivity contribution is 7.13. The van der Waals surface area contributed by atoms with E-state index in [4.69, 9.17) is 13.9 Å². The second kappa shape index (κ2) is 7.13. The molecule has 1 amide bonds. The summed E-state index contributed by atoms with van der Waals surface area (Å²) in [4.78, 5) is 32.6. The van der Waals surface area contributed by atoms with Gasteiger partial charge in [0, 0.05) is 0 Å². The van der Waals surface area contributed by atoms with Crippen LogP contribution in [-0.2, 0) is 11.3 Å². The van der Waals surface area contributed by atoms with Crippen molar-refractivity contribution in [1.29, 1.82) is 0 Å². The van der Waals surface area contributed by atoms with E-state index in [9.17, 15) is 9.59 Å². The summed E-state index contributed by atoms with van der Waals surface area (Å²) in [5.41, 5.74) is 0. The van der Waals surface area contributed by atoms with Gasteiger partial charge < -0.3 is 13.9 Å². The molecule has 130 valence electrons. The molecular formula is C14H13N5O5S. The quantitative estimate of drug-likeness (QED) is 0.689. The molecule has 0 radical (unpaired) electrons. The molecule has 0 aliphatic carbocycles. The molecule has 0 spiro atoms. The standard InChI is InChI=1S/C14H13N5O5S/c1-22-10-6-11(23-2)17-13(16-10)15-9(20)7-19-14(21)24-12(18-19)8-4-3-5-25-8/h3-6H,7H2,1-2H3,(H,15,16,17,20). The molecule has 3 rings (SSSR count). The maximum atomic E-state index is 12.1. The van der Waals surface area contributed by atoms with Gasteiger partial charge >= 0.3 is 5.76 Å². The number of hydrogen-bond donors (Lipinski definition) is 1. The van der Waals surface area contributed by atoms with Crippen molar-refractivity contribution < 1.29 is 18.7 Å². The number of hydrogen-bond acceptors (Lipinski definition) is 9. The maximum absolute atomic E-state index is 12.1.